The average molecular weight is 354 g/mol. The summed E-state index contributed by atoms with van der Waals surface area (Å²) in [6.45, 7) is 7.38. The Morgan fingerprint density at radius 1 is 1.29 bits per heavy atom. The fraction of sp³-hybridized carbons (Fsp3) is 0.556. The molecule has 6 heteroatoms. The van der Waals surface area contributed by atoms with Gasteiger partial charge in [-0.2, -0.15) is 0 Å². The van der Waals surface area contributed by atoms with Gasteiger partial charge in [0.25, 0.3) is 0 Å². The fourth-order valence-electron chi connectivity index (χ4n) is 2.95. The predicted octanol–water partition coefficient (Wildman–Crippen LogP) is 1.70. The fourth-order valence-corrected chi connectivity index (χ4v) is 2.95. The number of likely N-dealkylation sites (tertiary alicyclic amines) is 1. The average Bonchev–Trinajstić information content (AvgIpc) is 2.96. The second kappa shape index (κ2) is 8.49. The molecule has 1 aromatic rings. The van der Waals surface area contributed by atoms with E-state index in [9.17, 15) is 9.59 Å². The first-order valence-corrected chi connectivity index (χ1v) is 8.20. The third kappa shape index (κ3) is 4.71. The second-order valence-electron chi connectivity index (χ2n) is 6.98. The highest BCUT2D eigenvalue weighted by Gasteiger charge is 2.37. The van der Waals surface area contributed by atoms with E-state index in [0.29, 0.717) is 6.54 Å². The highest BCUT2D eigenvalue weighted by Crippen LogP contribution is 2.33. The third-order valence-electron chi connectivity index (χ3n) is 4.73. The molecule has 2 rings (SSSR count). The maximum Gasteiger partial charge on any atom is 0.241 e. The van der Waals surface area contributed by atoms with E-state index >= 15 is 0 Å². The number of carbonyl (C=O) groups is 2. The SMILES string of the molecule is CC(C)[C@H](N)C(=O)NCC(=O)N1CCC(C)(c2ccccc2)C1.Cl. The van der Waals surface area contributed by atoms with E-state index in [-0.39, 0.29) is 42.1 Å². The van der Waals surface area contributed by atoms with Crippen molar-refractivity contribution in [2.75, 3.05) is 19.6 Å². The summed E-state index contributed by atoms with van der Waals surface area (Å²) in [5.74, 6) is -0.259. The van der Waals surface area contributed by atoms with Gasteiger partial charge in [0.2, 0.25) is 11.8 Å². The van der Waals surface area contributed by atoms with Crippen molar-refractivity contribution >= 4 is 24.2 Å². The lowest BCUT2D eigenvalue weighted by atomic mass is 9.82. The summed E-state index contributed by atoms with van der Waals surface area (Å²) in [6.07, 6.45) is 0.933. The molecule has 1 saturated heterocycles. The number of nitrogens with one attached hydrogen (secondary N) is 1. The van der Waals surface area contributed by atoms with E-state index < -0.39 is 6.04 Å². The number of hydrogen-bond acceptors (Lipinski definition) is 3. The van der Waals surface area contributed by atoms with E-state index in [1.54, 1.807) is 0 Å². The van der Waals surface area contributed by atoms with Gasteiger partial charge >= 0.3 is 0 Å². The highest BCUT2D eigenvalue weighted by molar-refractivity contribution is 5.87. The molecular weight excluding hydrogens is 326 g/mol. The molecule has 24 heavy (non-hydrogen) atoms. The zero-order valence-corrected chi connectivity index (χ0v) is 15.4. The normalized spacial score (nSPS) is 21.3. The quantitative estimate of drug-likeness (QED) is 0.846. The number of nitrogens with two attached hydrogens (primary N) is 1. The number of benzene rings is 1. The van der Waals surface area contributed by atoms with Gasteiger partial charge in [-0.25, -0.2) is 0 Å². The van der Waals surface area contributed by atoms with Crippen LogP contribution in [0.5, 0.6) is 0 Å². The number of amides is 2. The van der Waals surface area contributed by atoms with Gasteiger partial charge < -0.3 is 16.0 Å². The van der Waals surface area contributed by atoms with E-state index in [2.05, 4.69) is 24.4 Å². The van der Waals surface area contributed by atoms with Gasteiger partial charge in [-0.3, -0.25) is 9.59 Å². The molecule has 0 bridgehead atoms. The zero-order chi connectivity index (χ0) is 17.0. The largest absolute Gasteiger partial charge is 0.346 e. The van der Waals surface area contributed by atoms with Gasteiger partial charge in [0.1, 0.15) is 0 Å². The number of nitrogens with zero attached hydrogens (tertiary/aromatic N) is 1. The van der Waals surface area contributed by atoms with Crippen molar-refractivity contribution < 1.29 is 9.59 Å². The first-order chi connectivity index (χ1) is 10.8. The van der Waals surface area contributed by atoms with Gasteiger partial charge in [0, 0.05) is 18.5 Å². The molecule has 2 atom stereocenters. The van der Waals surface area contributed by atoms with Gasteiger partial charge in [-0.1, -0.05) is 51.1 Å². The minimum absolute atomic E-state index is 0. The summed E-state index contributed by atoms with van der Waals surface area (Å²) in [5, 5.41) is 2.65. The first-order valence-electron chi connectivity index (χ1n) is 8.20. The Morgan fingerprint density at radius 3 is 2.50 bits per heavy atom. The summed E-state index contributed by atoms with van der Waals surface area (Å²) in [7, 11) is 0. The Labute approximate surface area is 150 Å². The van der Waals surface area contributed by atoms with Gasteiger partial charge in [0.15, 0.2) is 0 Å². The summed E-state index contributed by atoms with van der Waals surface area (Å²) < 4.78 is 0. The number of hydrogen-bond donors (Lipinski definition) is 2. The molecule has 0 saturated carbocycles. The van der Waals surface area contributed by atoms with Crippen LogP contribution in [0, 0.1) is 5.92 Å². The Bertz CT molecular complexity index is 565. The van der Waals surface area contributed by atoms with Crippen LogP contribution in [-0.4, -0.2) is 42.4 Å². The Kier molecular flexibility index (Phi) is 7.24. The lowest BCUT2D eigenvalue weighted by molar-refractivity contribution is -0.132. The van der Waals surface area contributed by atoms with Crippen LogP contribution in [0.1, 0.15) is 32.8 Å². The predicted molar refractivity (Wildman–Crippen MR) is 98.1 cm³/mol. The molecule has 134 valence electrons. The lowest BCUT2D eigenvalue weighted by Crippen LogP contribution is -2.47. The van der Waals surface area contributed by atoms with E-state index in [4.69, 9.17) is 5.73 Å². The molecule has 2 amide bonds. The van der Waals surface area contributed by atoms with Crippen LogP contribution < -0.4 is 11.1 Å². The van der Waals surface area contributed by atoms with E-state index in [1.807, 2.05) is 36.9 Å². The van der Waals surface area contributed by atoms with Crippen molar-refractivity contribution in [3.63, 3.8) is 0 Å². The molecule has 1 fully saturated rings. The summed E-state index contributed by atoms with van der Waals surface area (Å²) in [4.78, 5) is 26.0. The van der Waals surface area contributed by atoms with Gasteiger partial charge in [0.05, 0.1) is 12.6 Å². The molecule has 1 aromatic carbocycles. The number of rotatable bonds is 5. The van der Waals surface area contributed by atoms with Crippen molar-refractivity contribution in [3.8, 4) is 0 Å². The smallest absolute Gasteiger partial charge is 0.241 e. The Balaban J connectivity index is 0.00000288. The van der Waals surface area contributed by atoms with Crippen molar-refractivity contribution in [3.05, 3.63) is 35.9 Å². The molecule has 1 heterocycles. The Morgan fingerprint density at radius 2 is 1.92 bits per heavy atom. The highest BCUT2D eigenvalue weighted by atomic mass is 35.5. The second-order valence-corrected chi connectivity index (χ2v) is 6.98. The first kappa shape index (κ1) is 20.5. The monoisotopic (exact) mass is 353 g/mol. The molecule has 1 aliphatic heterocycles. The molecule has 1 aliphatic rings. The van der Waals surface area contributed by atoms with Crippen LogP contribution in [0.2, 0.25) is 0 Å². The minimum Gasteiger partial charge on any atom is -0.346 e. The molecule has 0 aromatic heterocycles. The number of carbonyl (C=O) groups excluding carboxylic acids is 2. The lowest BCUT2D eigenvalue weighted by Gasteiger charge is -2.25. The Hall–Kier alpha value is -1.59. The van der Waals surface area contributed by atoms with Crippen molar-refractivity contribution in [1.29, 1.82) is 0 Å². The molecular formula is C18H28ClN3O2. The van der Waals surface area contributed by atoms with E-state index in [1.165, 1.54) is 5.56 Å². The molecule has 0 radical (unpaired) electrons. The zero-order valence-electron chi connectivity index (χ0n) is 14.6. The van der Waals surface area contributed by atoms with Crippen molar-refractivity contribution in [2.24, 2.45) is 11.7 Å². The topological polar surface area (TPSA) is 75.4 Å². The van der Waals surface area contributed by atoms with Gasteiger partial charge in [-0.15, -0.1) is 12.4 Å². The third-order valence-corrected chi connectivity index (χ3v) is 4.73. The maximum absolute atomic E-state index is 12.3. The molecule has 0 aliphatic carbocycles. The van der Waals surface area contributed by atoms with Crippen LogP contribution >= 0.6 is 12.4 Å². The van der Waals surface area contributed by atoms with Crippen LogP contribution in [0.15, 0.2) is 30.3 Å². The maximum atomic E-state index is 12.3. The molecule has 5 nitrogen and oxygen atoms in total. The molecule has 1 unspecified atom stereocenters. The van der Waals surface area contributed by atoms with Crippen LogP contribution in [0.25, 0.3) is 0 Å². The molecule has 3 N–H and O–H groups in total. The van der Waals surface area contributed by atoms with Crippen LogP contribution in [0.4, 0.5) is 0 Å². The van der Waals surface area contributed by atoms with Crippen LogP contribution in [0.3, 0.4) is 0 Å². The van der Waals surface area contributed by atoms with Crippen molar-refractivity contribution in [1.82, 2.24) is 10.2 Å². The van der Waals surface area contributed by atoms with E-state index in [0.717, 1.165) is 13.0 Å². The van der Waals surface area contributed by atoms with Gasteiger partial charge in [-0.05, 0) is 17.9 Å². The molecule has 0 spiro atoms. The summed E-state index contributed by atoms with van der Waals surface area (Å²) >= 11 is 0. The standard InChI is InChI=1S/C18H27N3O2.ClH/c1-13(2)16(19)17(23)20-11-15(22)21-10-9-18(3,12-21)14-7-5-4-6-8-14;/h4-8,13,16H,9-12,19H2,1-3H3,(H,20,23);1H/t16-,18?;/m0./s1. The van der Waals surface area contributed by atoms with Crippen molar-refractivity contribution in [2.45, 2.75) is 38.6 Å². The van der Waals surface area contributed by atoms with Crippen LogP contribution in [-0.2, 0) is 15.0 Å². The summed E-state index contributed by atoms with van der Waals surface area (Å²) in [6, 6.07) is 9.69. The number of halogens is 1. The summed E-state index contributed by atoms with van der Waals surface area (Å²) in [5.41, 5.74) is 7.01. The minimum atomic E-state index is -0.573.